The number of amides is 1. The van der Waals surface area contributed by atoms with E-state index in [1.165, 1.54) is 24.3 Å². The summed E-state index contributed by atoms with van der Waals surface area (Å²) in [6, 6.07) is 8.07. The van der Waals surface area contributed by atoms with Crippen LogP contribution < -0.4 is 10.5 Å². The number of anilines is 1. The SMILES string of the molecule is Cc1ccc(F)c(NC(=O)c2cc(S(N)(=O)=O)ccc2Br)c1. The standard InChI is InChI=1S/C14H12BrFN2O3S/c1-8-2-5-12(16)13(6-8)18-14(19)10-7-9(22(17,20)21)3-4-11(10)15/h2-7H,1H3,(H,18,19)(H2,17,20,21). The van der Waals surface area contributed by atoms with E-state index in [4.69, 9.17) is 5.14 Å². The fourth-order valence-corrected chi connectivity index (χ4v) is 2.75. The molecular formula is C14H12BrFN2O3S. The lowest BCUT2D eigenvalue weighted by atomic mass is 10.2. The van der Waals surface area contributed by atoms with Crippen molar-refractivity contribution in [1.29, 1.82) is 0 Å². The number of benzene rings is 2. The fraction of sp³-hybridized carbons (Fsp3) is 0.0714. The Morgan fingerprint density at radius 2 is 1.91 bits per heavy atom. The molecule has 0 aliphatic heterocycles. The van der Waals surface area contributed by atoms with Crippen LogP contribution in [0.25, 0.3) is 0 Å². The highest BCUT2D eigenvalue weighted by Gasteiger charge is 2.16. The Morgan fingerprint density at radius 3 is 2.55 bits per heavy atom. The van der Waals surface area contributed by atoms with E-state index < -0.39 is 21.7 Å². The number of halogens is 2. The normalized spacial score (nSPS) is 11.3. The molecule has 116 valence electrons. The molecule has 2 rings (SSSR count). The summed E-state index contributed by atoms with van der Waals surface area (Å²) in [7, 11) is -3.94. The summed E-state index contributed by atoms with van der Waals surface area (Å²) in [5.41, 5.74) is 0.819. The molecule has 0 bridgehead atoms. The molecular weight excluding hydrogens is 375 g/mol. The van der Waals surface area contributed by atoms with Crippen molar-refractivity contribution in [3.8, 4) is 0 Å². The molecule has 0 heterocycles. The van der Waals surface area contributed by atoms with E-state index in [9.17, 15) is 17.6 Å². The molecule has 22 heavy (non-hydrogen) atoms. The van der Waals surface area contributed by atoms with Crippen LogP contribution in [0.3, 0.4) is 0 Å². The van der Waals surface area contributed by atoms with Gasteiger partial charge >= 0.3 is 0 Å². The molecule has 3 N–H and O–H groups in total. The number of hydrogen-bond donors (Lipinski definition) is 2. The number of hydrogen-bond acceptors (Lipinski definition) is 3. The Labute approximate surface area is 135 Å². The van der Waals surface area contributed by atoms with Gasteiger partial charge in [0.05, 0.1) is 16.1 Å². The van der Waals surface area contributed by atoms with Gasteiger partial charge in [-0.15, -0.1) is 0 Å². The summed E-state index contributed by atoms with van der Waals surface area (Å²) in [6.07, 6.45) is 0. The molecule has 0 radical (unpaired) electrons. The summed E-state index contributed by atoms with van der Waals surface area (Å²) in [6.45, 7) is 1.76. The summed E-state index contributed by atoms with van der Waals surface area (Å²) < 4.78 is 36.7. The van der Waals surface area contributed by atoms with Gasteiger partial charge < -0.3 is 5.32 Å². The van der Waals surface area contributed by atoms with Gasteiger partial charge in [-0.05, 0) is 58.7 Å². The second kappa shape index (κ2) is 6.15. The van der Waals surface area contributed by atoms with Crippen molar-refractivity contribution in [2.45, 2.75) is 11.8 Å². The van der Waals surface area contributed by atoms with Crippen molar-refractivity contribution in [2.24, 2.45) is 5.14 Å². The largest absolute Gasteiger partial charge is 0.319 e. The molecule has 0 fully saturated rings. The van der Waals surface area contributed by atoms with Gasteiger partial charge in [0.2, 0.25) is 10.0 Å². The van der Waals surface area contributed by atoms with Crippen molar-refractivity contribution < 1.29 is 17.6 Å². The molecule has 2 aromatic rings. The van der Waals surface area contributed by atoms with Crippen LogP contribution in [0.5, 0.6) is 0 Å². The molecule has 5 nitrogen and oxygen atoms in total. The second-order valence-electron chi connectivity index (χ2n) is 4.62. The molecule has 0 unspecified atom stereocenters. The summed E-state index contributed by atoms with van der Waals surface area (Å²) >= 11 is 3.15. The number of carbonyl (C=O) groups excluding carboxylic acids is 1. The smallest absolute Gasteiger partial charge is 0.256 e. The van der Waals surface area contributed by atoms with Gasteiger partial charge in [-0.1, -0.05) is 6.07 Å². The van der Waals surface area contributed by atoms with Crippen LogP contribution in [0.15, 0.2) is 45.8 Å². The topological polar surface area (TPSA) is 89.3 Å². The Morgan fingerprint density at radius 1 is 1.23 bits per heavy atom. The summed E-state index contributed by atoms with van der Waals surface area (Å²) in [5.74, 6) is -1.24. The molecule has 0 aliphatic rings. The predicted molar refractivity (Wildman–Crippen MR) is 84.6 cm³/mol. The highest BCUT2D eigenvalue weighted by molar-refractivity contribution is 9.10. The third-order valence-electron chi connectivity index (χ3n) is 2.88. The van der Waals surface area contributed by atoms with Crippen LogP contribution in [-0.2, 0) is 10.0 Å². The maximum absolute atomic E-state index is 13.7. The van der Waals surface area contributed by atoms with Crippen molar-refractivity contribution in [3.63, 3.8) is 0 Å². The molecule has 0 saturated carbocycles. The van der Waals surface area contributed by atoms with E-state index in [0.29, 0.717) is 4.47 Å². The third-order valence-corrected chi connectivity index (χ3v) is 4.48. The number of rotatable bonds is 3. The lowest BCUT2D eigenvalue weighted by molar-refractivity contribution is 0.102. The van der Waals surface area contributed by atoms with Gasteiger partial charge in [-0.25, -0.2) is 17.9 Å². The van der Waals surface area contributed by atoms with Gasteiger partial charge in [0, 0.05) is 4.47 Å². The fourth-order valence-electron chi connectivity index (χ4n) is 1.78. The monoisotopic (exact) mass is 386 g/mol. The highest BCUT2D eigenvalue weighted by atomic mass is 79.9. The predicted octanol–water partition coefficient (Wildman–Crippen LogP) is 2.80. The zero-order chi connectivity index (χ0) is 16.5. The van der Waals surface area contributed by atoms with E-state index in [0.717, 1.165) is 11.6 Å². The Hall–Kier alpha value is -1.77. The van der Waals surface area contributed by atoms with Crippen LogP contribution >= 0.6 is 15.9 Å². The Bertz CT molecular complexity index is 853. The summed E-state index contributed by atoms with van der Waals surface area (Å²) in [5, 5.41) is 7.44. The van der Waals surface area contributed by atoms with Gasteiger partial charge in [0.1, 0.15) is 5.82 Å². The van der Waals surface area contributed by atoms with E-state index in [1.54, 1.807) is 13.0 Å². The first kappa shape index (κ1) is 16.6. The van der Waals surface area contributed by atoms with E-state index >= 15 is 0 Å². The van der Waals surface area contributed by atoms with Crippen LogP contribution in [0.2, 0.25) is 0 Å². The van der Waals surface area contributed by atoms with Crippen molar-refractivity contribution in [1.82, 2.24) is 0 Å². The lowest BCUT2D eigenvalue weighted by Crippen LogP contribution is -2.17. The molecule has 2 aromatic carbocycles. The number of primary sulfonamides is 1. The minimum absolute atomic E-state index is 0.0120. The average Bonchev–Trinajstić information content (AvgIpc) is 2.42. The number of nitrogens with two attached hydrogens (primary N) is 1. The van der Waals surface area contributed by atoms with Crippen molar-refractivity contribution in [2.75, 3.05) is 5.32 Å². The van der Waals surface area contributed by atoms with Gasteiger partial charge in [-0.3, -0.25) is 4.79 Å². The minimum Gasteiger partial charge on any atom is -0.319 e. The molecule has 0 spiro atoms. The maximum atomic E-state index is 13.7. The minimum atomic E-state index is -3.94. The molecule has 1 amide bonds. The van der Waals surface area contributed by atoms with Crippen LogP contribution in [-0.4, -0.2) is 14.3 Å². The zero-order valence-corrected chi connectivity index (χ0v) is 13.8. The number of nitrogens with one attached hydrogen (secondary N) is 1. The van der Waals surface area contributed by atoms with E-state index in [1.807, 2.05) is 0 Å². The van der Waals surface area contributed by atoms with E-state index in [-0.39, 0.29) is 16.1 Å². The molecule has 0 saturated heterocycles. The zero-order valence-electron chi connectivity index (χ0n) is 11.4. The highest BCUT2D eigenvalue weighted by Crippen LogP contribution is 2.23. The van der Waals surface area contributed by atoms with E-state index in [2.05, 4.69) is 21.2 Å². The molecule has 0 aliphatic carbocycles. The van der Waals surface area contributed by atoms with Gasteiger partial charge in [0.25, 0.3) is 5.91 Å². The third kappa shape index (κ3) is 3.70. The Balaban J connectivity index is 2.39. The average molecular weight is 387 g/mol. The molecule has 8 heteroatoms. The number of aryl methyl sites for hydroxylation is 1. The first-order chi connectivity index (χ1) is 10.2. The van der Waals surface area contributed by atoms with Crippen molar-refractivity contribution >= 4 is 37.5 Å². The first-order valence-corrected chi connectivity index (χ1v) is 8.42. The Kier molecular flexibility index (Phi) is 4.64. The quantitative estimate of drug-likeness (QED) is 0.849. The maximum Gasteiger partial charge on any atom is 0.256 e. The van der Waals surface area contributed by atoms with Gasteiger partial charge in [0.15, 0.2) is 0 Å². The van der Waals surface area contributed by atoms with Crippen LogP contribution in [0, 0.1) is 12.7 Å². The van der Waals surface area contributed by atoms with Crippen molar-refractivity contribution in [3.05, 3.63) is 57.8 Å². The summed E-state index contributed by atoms with van der Waals surface area (Å²) in [4.78, 5) is 12.0. The first-order valence-electron chi connectivity index (χ1n) is 6.08. The second-order valence-corrected chi connectivity index (χ2v) is 7.04. The number of sulfonamides is 1. The van der Waals surface area contributed by atoms with Crippen LogP contribution in [0.1, 0.15) is 15.9 Å². The number of carbonyl (C=O) groups is 1. The van der Waals surface area contributed by atoms with Crippen LogP contribution in [0.4, 0.5) is 10.1 Å². The lowest BCUT2D eigenvalue weighted by Gasteiger charge is -2.10. The molecule has 0 atom stereocenters. The molecule has 0 aromatic heterocycles. The van der Waals surface area contributed by atoms with Gasteiger partial charge in [-0.2, -0.15) is 0 Å².